The summed E-state index contributed by atoms with van der Waals surface area (Å²) in [5, 5.41) is 0. The van der Waals surface area contributed by atoms with E-state index in [2.05, 4.69) is 20.8 Å². The molecule has 154 valence electrons. The first-order chi connectivity index (χ1) is 12.5. The molecule has 0 aliphatic heterocycles. The van der Waals surface area contributed by atoms with Crippen molar-refractivity contribution in [2.45, 2.75) is 117 Å². The highest BCUT2D eigenvalue weighted by Gasteiger charge is 2.15. The molecule has 0 aliphatic rings. The van der Waals surface area contributed by atoms with Gasteiger partial charge in [-0.1, -0.05) is 85.0 Å². The lowest BCUT2D eigenvalue weighted by Crippen LogP contribution is -2.20. The van der Waals surface area contributed by atoms with Gasteiger partial charge in [-0.05, 0) is 25.7 Å². The Morgan fingerprint density at radius 2 is 1.23 bits per heavy atom. The molecular weight excluding hydrogens is 328 g/mol. The van der Waals surface area contributed by atoms with Crippen molar-refractivity contribution >= 4 is 11.9 Å². The lowest BCUT2D eigenvalue weighted by Gasteiger charge is -2.14. The van der Waals surface area contributed by atoms with Crippen LogP contribution in [0.5, 0.6) is 0 Å². The van der Waals surface area contributed by atoms with Gasteiger partial charge in [-0.25, -0.2) is 0 Å². The maximum absolute atomic E-state index is 11.6. The second kappa shape index (κ2) is 17.4. The Bertz CT molecular complexity index is 352. The summed E-state index contributed by atoms with van der Waals surface area (Å²) in [6.07, 6.45) is 14.3. The molecule has 0 amide bonds. The number of hydrogen-bond acceptors (Lipinski definition) is 4. The molecule has 4 nitrogen and oxygen atoms in total. The molecule has 0 bridgehead atoms. The third-order valence-electron chi connectivity index (χ3n) is 4.44. The summed E-state index contributed by atoms with van der Waals surface area (Å²) in [5.41, 5.74) is 0. The average Bonchev–Trinajstić information content (AvgIpc) is 2.54. The van der Waals surface area contributed by atoms with Crippen LogP contribution in [0.2, 0.25) is 0 Å². The predicted octanol–water partition coefficient (Wildman–Crippen LogP) is 6.21. The van der Waals surface area contributed by atoms with Crippen molar-refractivity contribution in [2.24, 2.45) is 5.92 Å². The topological polar surface area (TPSA) is 52.6 Å². The summed E-state index contributed by atoms with van der Waals surface area (Å²) in [5.74, 6) is -0.494. The van der Waals surface area contributed by atoms with Crippen molar-refractivity contribution < 1.29 is 19.1 Å². The van der Waals surface area contributed by atoms with Crippen LogP contribution in [0.1, 0.15) is 111 Å². The van der Waals surface area contributed by atoms with E-state index >= 15 is 0 Å². The van der Waals surface area contributed by atoms with Gasteiger partial charge in [0.25, 0.3) is 0 Å². The Morgan fingerprint density at radius 3 is 1.73 bits per heavy atom. The highest BCUT2D eigenvalue weighted by atomic mass is 16.6. The summed E-state index contributed by atoms with van der Waals surface area (Å²) < 4.78 is 10.3. The van der Waals surface area contributed by atoms with Gasteiger partial charge in [-0.2, -0.15) is 0 Å². The van der Waals surface area contributed by atoms with Gasteiger partial charge in [0.15, 0.2) is 0 Å². The molecule has 0 aromatic heterocycles. The molecule has 4 heteroatoms. The van der Waals surface area contributed by atoms with E-state index in [1.54, 1.807) is 0 Å². The molecule has 0 radical (unpaired) electrons. The molecule has 1 atom stereocenters. The van der Waals surface area contributed by atoms with Crippen molar-refractivity contribution in [3.05, 3.63) is 0 Å². The van der Waals surface area contributed by atoms with E-state index in [-0.39, 0.29) is 12.5 Å². The Morgan fingerprint density at radius 1 is 0.731 bits per heavy atom. The molecule has 0 saturated carbocycles. The minimum atomic E-state index is -0.484. The van der Waals surface area contributed by atoms with Crippen molar-refractivity contribution in [3.63, 3.8) is 0 Å². The first-order valence-corrected chi connectivity index (χ1v) is 10.8. The molecule has 0 fully saturated rings. The molecule has 0 aromatic rings. The van der Waals surface area contributed by atoms with Crippen LogP contribution in [-0.2, 0) is 19.1 Å². The minimum absolute atomic E-state index is 0.151. The van der Waals surface area contributed by atoms with Crippen LogP contribution >= 0.6 is 0 Å². The molecule has 0 rings (SSSR count). The van der Waals surface area contributed by atoms with Crippen LogP contribution in [-0.4, -0.2) is 24.6 Å². The van der Waals surface area contributed by atoms with E-state index in [1.807, 2.05) is 6.92 Å². The summed E-state index contributed by atoms with van der Waals surface area (Å²) in [6, 6.07) is 0. The minimum Gasteiger partial charge on any atom is -0.465 e. The normalized spacial score (nSPS) is 12.2. The van der Waals surface area contributed by atoms with Gasteiger partial charge >= 0.3 is 11.9 Å². The molecule has 0 saturated heterocycles. The first-order valence-electron chi connectivity index (χ1n) is 10.8. The number of carbonyl (C=O) groups excluding carboxylic acids is 2. The van der Waals surface area contributed by atoms with E-state index < -0.39 is 11.9 Å². The number of hydrogen-bond donors (Lipinski definition) is 0. The highest BCUT2D eigenvalue weighted by Crippen LogP contribution is 2.11. The summed E-state index contributed by atoms with van der Waals surface area (Å²) in [4.78, 5) is 23.3. The zero-order valence-corrected chi connectivity index (χ0v) is 17.7. The van der Waals surface area contributed by atoms with Crippen molar-refractivity contribution in [3.8, 4) is 0 Å². The van der Waals surface area contributed by atoms with E-state index in [1.165, 1.54) is 57.8 Å². The van der Waals surface area contributed by atoms with Gasteiger partial charge in [-0.3, -0.25) is 9.59 Å². The fourth-order valence-corrected chi connectivity index (χ4v) is 3.10. The maximum atomic E-state index is 11.6. The second-order valence-corrected chi connectivity index (χ2v) is 7.86. The smallest absolute Gasteiger partial charge is 0.317 e. The van der Waals surface area contributed by atoms with Crippen molar-refractivity contribution in [1.82, 2.24) is 0 Å². The monoisotopic (exact) mass is 370 g/mol. The highest BCUT2D eigenvalue weighted by molar-refractivity contribution is 5.91. The van der Waals surface area contributed by atoms with Gasteiger partial charge in [-0.15, -0.1) is 0 Å². The molecule has 0 aliphatic carbocycles. The lowest BCUT2D eigenvalue weighted by molar-refractivity contribution is -0.157. The Labute approximate surface area is 161 Å². The number of carbonyl (C=O) groups is 2. The fourth-order valence-electron chi connectivity index (χ4n) is 3.10. The van der Waals surface area contributed by atoms with E-state index in [4.69, 9.17) is 9.47 Å². The Hall–Kier alpha value is -1.06. The predicted molar refractivity (Wildman–Crippen MR) is 107 cm³/mol. The molecule has 26 heavy (non-hydrogen) atoms. The summed E-state index contributed by atoms with van der Waals surface area (Å²) in [7, 11) is 0. The zero-order chi connectivity index (χ0) is 19.6. The SMILES string of the molecule is CCCCCCCCCCCCCOC(=O)CC(=O)OC(C)CC(C)C. The maximum Gasteiger partial charge on any atom is 0.317 e. The van der Waals surface area contributed by atoms with Gasteiger partial charge in [0.05, 0.1) is 12.7 Å². The summed E-state index contributed by atoms with van der Waals surface area (Å²) in [6.45, 7) is 8.66. The number of unbranched alkanes of at least 4 members (excludes halogenated alkanes) is 10. The van der Waals surface area contributed by atoms with Crippen LogP contribution in [0.3, 0.4) is 0 Å². The number of ether oxygens (including phenoxy) is 2. The van der Waals surface area contributed by atoms with Crippen LogP contribution in [0.4, 0.5) is 0 Å². The van der Waals surface area contributed by atoms with Gasteiger partial charge in [0, 0.05) is 0 Å². The molecule has 0 spiro atoms. The van der Waals surface area contributed by atoms with Gasteiger partial charge < -0.3 is 9.47 Å². The number of esters is 2. The van der Waals surface area contributed by atoms with Crippen LogP contribution in [0.25, 0.3) is 0 Å². The summed E-state index contributed by atoms with van der Waals surface area (Å²) >= 11 is 0. The fraction of sp³-hybridized carbons (Fsp3) is 0.909. The van der Waals surface area contributed by atoms with Crippen LogP contribution < -0.4 is 0 Å². The molecule has 0 heterocycles. The standard InChI is InChI=1S/C22H42O4/c1-5-6-7-8-9-10-11-12-13-14-15-16-25-21(23)18-22(24)26-20(4)17-19(2)3/h19-20H,5-18H2,1-4H3. The van der Waals surface area contributed by atoms with E-state index in [0.29, 0.717) is 12.5 Å². The largest absolute Gasteiger partial charge is 0.465 e. The van der Waals surface area contributed by atoms with Crippen molar-refractivity contribution in [2.75, 3.05) is 6.61 Å². The quantitative estimate of drug-likeness (QED) is 0.173. The van der Waals surface area contributed by atoms with Crippen LogP contribution in [0.15, 0.2) is 0 Å². The third kappa shape index (κ3) is 17.8. The van der Waals surface area contributed by atoms with Crippen molar-refractivity contribution in [1.29, 1.82) is 0 Å². The molecule has 0 N–H and O–H groups in total. The lowest BCUT2D eigenvalue weighted by atomic mass is 10.1. The van der Waals surface area contributed by atoms with Gasteiger partial charge in [0.1, 0.15) is 6.42 Å². The second-order valence-electron chi connectivity index (χ2n) is 7.86. The Balaban J connectivity index is 3.42. The molecule has 0 aromatic carbocycles. The Kier molecular flexibility index (Phi) is 16.7. The third-order valence-corrected chi connectivity index (χ3v) is 4.44. The molecule has 1 unspecified atom stereocenters. The van der Waals surface area contributed by atoms with Crippen LogP contribution in [0, 0.1) is 5.92 Å². The van der Waals surface area contributed by atoms with Gasteiger partial charge in [0.2, 0.25) is 0 Å². The van der Waals surface area contributed by atoms with E-state index in [0.717, 1.165) is 19.3 Å². The average molecular weight is 371 g/mol. The van der Waals surface area contributed by atoms with E-state index in [9.17, 15) is 9.59 Å². The zero-order valence-electron chi connectivity index (χ0n) is 17.7. The number of rotatable bonds is 17. The first kappa shape index (κ1) is 24.9. The molecular formula is C22H42O4.